The number of hydrogen-bond acceptors (Lipinski definition) is 3. The van der Waals surface area contributed by atoms with E-state index < -0.39 is 5.54 Å². The monoisotopic (exact) mass is 312 g/mol. The Morgan fingerprint density at radius 3 is 2.57 bits per heavy atom. The van der Waals surface area contributed by atoms with Crippen LogP contribution in [0.1, 0.15) is 52.9 Å². The van der Waals surface area contributed by atoms with E-state index in [2.05, 4.69) is 26.1 Å². The minimum absolute atomic E-state index is 0.0624. The standard InChI is InChI=1S/C16H28N2O2S/c1-4-12(3)13-14(19)17-16(8-6-7-9-16)15(20)18(13)10-11-21-5-2/h12-13H,4-11H2,1-3H3,(H,17,19). The van der Waals surface area contributed by atoms with Gasteiger partial charge in [-0.3, -0.25) is 9.59 Å². The van der Waals surface area contributed by atoms with E-state index in [0.717, 1.165) is 43.6 Å². The van der Waals surface area contributed by atoms with Gasteiger partial charge in [0.1, 0.15) is 11.6 Å². The lowest BCUT2D eigenvalue weighted by atomic mass is 9.86. The molecule has 0 radical (unpaired) electrons. The van der Waals surface area contributed by atoms with Crippen LogP contribution in [0.4, 0.5) is 0 Å². The van der Waals surface area contributed by atoms with Crippen molar-refractivity contribution in [2.75, 3.05) is 18.1 Å². The molecule has 0 bridgehead atoms. The third kappa shape index (κ3) is 3.22. The highest BCUT2D eigenvalue weighted by molar-refractivity contribution is 7.99. The molecule has 1 heterocycles. The van der Waals surface area contributed by atoms with Crippen LogP contribution in [-0.2, 0) is 9.59 Å². The number of hydrogen-bond donors (Lipinski definition) is 1. The van der Waals surface area contributed by atoms with E-state index in [1.807, 2.05) is 16.7 Å². The number of rotatable bonds is 6. The third-order valence-electron chi connectivity index (χ3n) is 4.96. The van der Waals surface area contributed by atoms with Gasteiger partial charge >= 0.3 is 0 Å². The van der Waals surface area contributed by atoms with Gasteiger partial charge in [0.05, 0.1) is 0 Å². The van der Waals surface area contributed by atoms with Crippen LogP contribution in [0.15, 0.2) is 0 Å². The van der Waals surface area contributed by atoms with E-state index in [9.17, 15) is 9.59 Å². The van der Waals surface area contributed by atoms with Gasteiger partial charge in [0.25, 0.3) is 0 Å². The van der Waals surface area contributed by atoms with Gasteiger partial charge in [0, 0.05) is 12.3 Å². The smallest absolute Gasteiger partial charge is 0.249 e. The fourth-order valence-corrected chi connectivity index (χ4v) is 4.17. The molecule has 0 aromatic heterocycles. The average molecular weight is 312 g/mol. The number of carbonyl (C=O) groups is 2. The Labute approximate surface area is 132 Å². The second-order valence-corrected chi connectivity index (χ2v) is 7.70. The minimum atomic E-state index is -0.585. The molecule has 120 valence electrons. The molecule has 1 aliphatic carbocycles. The van der Waals surface area contributed by atoms with Crippen LogP contribution >= 0.6 is 11.8 Å². The first-order chi connectivity index (χ1) is 10.1. The Kier molecular flexibility index (Phi) is 5.58. The molecule has 4 nitrogen and oxygen atoms in total. The van der Waals surface area contributed by atoms with Crippen molar-refractivity contribution in [3.8, 4) is 0 Å². The first-order valence-electron chi connectivity index (χ1n) is 8.26. The lowest BCUT2D eigenvalue weighted by Gasteiger charge is -2.46. The number of carbonyl (C=O) groups excluding carboxylic acids is 2. The van der Waals surface area contributed by atoms with Crippen molar-refractivity contribution in [2.45, 2.75) is 64.5 Å². The van der Waals surface area contributed by atoms with Crippen LogP contribution in [0.5, 0.6) is 0 Å². The molecule has 1 spiro atoms. The normalized spacial score (nSPS) is 26.2. The zero-order valence-corrected chi connectivity index (χ0v) is 14.3. The third-order valence-corrected chi connectivity index (χ3v) is 5.84. The maximum absolute atomic E-state index is 13.0. The van der Waals surface area contributed by atoms with E-state index in [1.54, 1.807) is 0 Å². The molecule has 1 N–H and O–H groups in total. The summed E-state index contributed by atoms with van der Waals surface area (Å²) in [6, 6.07) is -0.286. The molecule has 0 aromatic rings. The number of amides is 2. The summed E-state index contributed by atoms with van der Waals surface area (Å²) in [5.74, 6) is 2.40. The zero-order valence-electron chi connectivity index (χ0n) is 13.5. The number of piperazine rings is 1. The SMILES string of the molecule is CCSCCN1C(=O)C2(CCCC2)NC(=O)C1C(C)CC. The number of nitrogens with zero attached hydrogens (tertiary/aromatic N) is 1. The summed E-state index contributed by atoms with van der Waals surface area (Å²) in [6.07, 6.45) is 4.61. The molecule has 2 unspecified atom stereocenters. The Morgan fingerprint density at radius 1 is 1.33 bits per heavy atom. The lowest BCUT2D eigenvalue weighted by Crippen LogP contribution is -2.70. The highest BCUT2D eigenvalue weighted by Gasteiger charge is 2.52. The fraction of sp³-hybridized carbons (Fsp3) is 0.875. The first-order valence-corrected chi connectivity index (χ1v) is 9.42. The van der Waals surface area contributed by atoms with Crippen molar-refractivity contribution < 1.29 is 9.59 Å². The quantitative estimate of drug-likeness (QED) is 0.766. The van der Waals surface area contributed by atoms with Crippen LogP contribution < -0.4 is 5.32 Å². The van der Waals surface area contributed by atoms with Gasteiger partial charge in [0.15, 0.2) is 0 Å². The van der Waals surface area contributed by atoms with E-state index in [0.29, 0.717) is 6.54 Å². The second kappa shape index (κ2) is 7.03. The van der Waals surface area contributed by atoms with Crippen molar-refractivity contribution in [3.63, 3.8) is 0 Å². The van der Waals surface area contributed by atoms with Crippen LogP contribution in [0.2, 0.25) is 0 Å². The van der Waals surface area contributed by atoms with Crippen molar-refractivity contribution >= 4 is 23.6 Å². The summed E-state index contributed by atoms with van der Waals surface area (Å²) in [5, 5.41) is 3.09. The topological polar surface area (TPSA) is 49.4 Å². The molecule has 2 amide bonds. The summed E-state index contributed by atoms with van der Waals surface area (Å²) in [4.78, 5) is 27.5. The molecular formula is C16H28N2O2S. The van der Waals surface area contributed by atoms with Crippen molar-refractivity contribution in [1.29, 1.82) is 0 Å². The van der Waals surface area contributed by atoms with Crippen LogP contribution in [0.3, 0.4) is 0 Å². The summed E-state index contributed by atoms with van der Waals surface area (Å²) in [6.45, 7) is 6.98. The van der Waals surface area contributed by atoms with E-state index in [-0.39, 0.29) is 23.8 Å². The average Bonchev–Trinajstić information content (AvgIpc) is 2.93. The Morgan fingerprint density at radius 2 is 2.00 bits per heavy atom. The van der Waals surface area contributed by atoms with Crippen LogP contribution in [0.25, 0.3) is 0 Å². The molecular weight excluding hydrogens is 284 g/mol. The maximum atomic E-state index is 13.0. The molecule has 0 aromatic carbocycles. The molecule has 1 saturated heterocycles. The Bertz CT molecular complexity index is 394. The zero-order chi connectivity index (χ0) is 15.5. The van der Waals surface area contributed by atoms with Gasteiger partial charge < -0.3 is 10.2 Å². The van der Waals surface area contributed by atoms with Crippen molar-refractivity contribution in [1.82, 2.24) is 10.2 Å². The summed E-state index contributed by atoms with van der Waals surface area (Å²) in [5.41, 5.74) is -0.585. The molecule has 2 rings (SSSR count). The van der Waals surface area contributed by atoms with Crippen LogP contribution in [0, 0.1) is 5.92 Å². The molecule has 21 heavy (non-hydrogen) atoms. The molecule has 2 aliphatic rings. The minimum Gasteiger partial charge on any atom is -0.340 e. The number of thioether (sulfide) groups is 1. The second-order valence-electron chi connectivity index (χ2n) is 6.30. The number of nitrogens with one attached hydrogen (secondary N) is 1. The van der Waals surface area contributed by atoms with Gasteiger partial charge in [-0.1, -0.05) is 40.0 Å². The molecule has 1 aliphatic heterocycles. The van der Waals surface area contributed by atoms with E-state index in [4.69, 9.17) is 0 Å². The Hall–Kier alpha value is -0.710. The predicted octanol–water partition coefficient (Wildman–Crippen LogP) is 2.43. The lowest BCUT2D eigenvalue weighted by molar-refractivity contribution is -0.156. The van der Waals surface area contributed by atoms with Gasteiger partial charge in [0.2, 0.25) is 11.8 Å². The van der Waals surface area contributed by atoms with Gasteiger partial charge in [-0.25, -0.2) is 0 Å². The molecule has 2 fully saturated rings. The Balaban J connectivity index is 2.21. The van der Waals surface area contributed by atoms with E-state index in [1.165, 1.54) is 0 Å². The van der Waals surface area contributed by atoms with Crippen LogP contribution in [-0.4, -0.2) is 46.3 Å². The largest absolute Gasteiger partial charge is 0.340 e. The summed E-state index contributed by atoms with van der Waals surface area (Å²) >= 11 is 1.83. The van der Waals surface area contributed by atoms with Gasteiger partial charge in [-0.15, -0.1) is 0 Å². The summed E-state index contributed by atoms with van der Waals surface area (Å²) < 4.78 is 0. The molecule has 1 saturated carbocycles. The van der Waals surface area contributed by atoms with E-state index >= 15 is 0 Å². The maximum Gasteiger partial charge on any atom is 0.249 e. The predicted molar refractivity (Wildman–Crippen MR) is 87.3 cm³/mol. The van der Waals surface area contributed by atoms with Gasteiger partial charge in [-0.2, -0.15) is 11.8 Å². The molecule has 2 atom stereocenters. The van der Waals surface area contributed by atoms with Crippen molar-refractivity contribution in [3.05, 3.63) is 0 Å². The molecule has 5 heteroatoms. The fourth-order valence-electron chi connectivity index (χ4n) is 3.56. The van der Waals surface area contributed by atoms with Crippen molar-refractivity contribution in [2.24, 2.45) is 5.92 Å². The van der Waals surface area contributed by atoms with Gasteiger partial charge in [-0.05, 0) is 24.5 Å². The summed E-state index contributed by atoms with van der Waals surface area (Å²) in [7, 11) is 0. The highest BCUT2D eigenvalue weighted by Crippen LogP contribution is 2.36. The highest BCUT2D eigenvalue weighted by atomic mass is 32.2. The first kappa shape index (κ1) is 16.7.